The van der Waals surface area contributed by atoms with E-state index in [1.54, 1.807) is 24.3 Å². The fourth-order valence-corrected chi connectivity index (χ4v) is 6.48. The van der Waals surface area contributed by atoms with E-state index in [-0.39, 0.29) is 70.2 Å². The van der Waals surface area contributed by atoms with Gasteiger partial charge in [-0.1, -0.05) is 64.1 Å². The molecule has 10 heteroatoms. The molecule has 8 bridgehead atoms. The second-order valence-corrected chi connectivity index (χ2v) is 12.7. The zero-order valence-electron chi connectivity index (χ0n) is 31.5. The van der Waals surface area contributed by atoms with Gasteiger partial charge in [-0.2, -0.15) is 0 Å². The number of para-hydroxylation sites is 2. The third-order valence-electron chi connectivity index (χ3n) is 8.64. The second kappa shape index (κ2) is 21.0. The Morgan fingerprint density at radius 1 is 0.462 bits per heavy atom. The Kier molecular flexibility index (Phi) is 17.6. The van der Waals surface area contributed by atoms with E-state index >= 15 is 0 Å². The van der Waals surface area contributed by atoms with Crippen LogP contribution in [0.15, 0.2) is 60.7 Å². The SMILES string of the molecule is CCCOc1c2cccc1Cc1cc(C(=O)[O-])cc(c1OCCC)Cc1cccc(c1OCCC)Cc1cc(C(=O)[O-])cc(c1OCCC)C2.[Na+].[Na+]. The first-order chi connectivity index (χ1) is 24.3. The van der Waals surface area contributed by atoms with E-state index in [1.165, 1.54) is 0 Å². The van der Waals surface area contributed by atoms with Gasteiger partial charge in [0.05, 0.1) is 38.4 Å². The van der Waals surface area contributed by atoms with Crippen LogP contribution in [0.25, 0.3) is 0 Å². The minimum Gasteiger partial charge on any atom is -0.545 e. The fourth-order valence-electron chi connectivity index (χ4n) is 6.48. The molecule has 0 fully saturated rings. The van der Waals surface area contributed by atoms with Crippen LogP contribution >= 0.6 is 0 Å². The molecule has 0 aliphatic heterocycles. The number of fused-ring (bicyclic) bond motifs is 8. The molecule has 0 spiro atoms. The van der Waals surface area contributed by atoms with Gasteiger partial charge in [0.25, 0.3) is 0 Å². The average molecular weight is 725 g/mol. The number of carbonyl (C=O) groups excluding carboxylic acids is 2. The molecule has 8 nitrogen and oxygen atoms in total. The molecule has 4 aromatic rings. The summed E-state index contributed by atoms with van der Waals surface area (Å²) in [6, 6.07) is 18.4. The molecule has 4 aromatic carbocycles. The summed E-state index contributed by atoms with van der Waals surface area (Å²) in [4.78, 5) is 24.8. The Morgan fingerprint density at radius 2 is 0.692 bits per heavy atom. The van der Waals surface area contributed by atoms with E-state index in [0.717, 1.165) is 47.9 Å². The van der Waals surface area contributed by atoms with Gasteiger partial charge in [-0.05, 0) is 106 Å². The van der Waals surface area contributed by atoms with Gasteiger partial charge in [-0.3, -0.25) is 0 Å². The molecule has 1 aliphatic carbocycles. The van der Waals surface area contributed by atoms with Gasteiger partial charge in [-0.25, -0.2) is 0 Å². The third kappa shape index (κ3) is 10.6. The van der Waals surface area contributed by atoms with E-state index in [4.69, 9.17) is 18.9 Å². The molecule has 0 saturated heterocycles. The molecule has 0 heterocycles. The molecule has 264 valence electrons. The maximum atomic E-state index is 12.4. The summed E-state index contributed by atoms with van der Waals surface area (Å²) in [5.41, 5.74) is 6.40. The first kappa shape index (κ1) is 43.4. The van der Waals surface area contributed by atoms with Crippen molar-refractivity contribution in [1.82, 2.24) is 0 Å². The molecule has 0 N–H and O–H groups in total. The third-order valence-corrected chi connectivity index (χ3v) is 8.64. The molecule has 0 atom stereocenters. The second-order valence-electron chi connectivity index (χ2n) is 12.7. The van der Waals surface area contributed by atoms with Crippen molar-refractivity contribution in [3.8, 4) is 23.0 Å². The summed E-state index contributed by atoms with van der Waals surface area (Å²) < 4.78 is 25.7. The average Bonchev–Trinajstić information content (AvgIpc) is 3.09. The summed E-state index contributed by atoms with van der Waals surface area (Å²) in [6.07, 6.45) is 4.44. The monoisotopic (exact) mass is 724 g/mol. The van der Waals surface area contributed by atoms with Crippen molar-refractivity contribution in [3.63, 3.8) is 0 Å². The van der Waals surface area contributed by atoms with Gasteiger partial charge in [0, 0.05) is 25.7 Å². The summed E-state index contributed by atoms with van der Waals surface area (Å²) in [5, 5.41) is 24.8. The Labute approximate surface area is 351 Å². The maximum absolute atomic E-state index is 12.4. The van der Waals surface area contributed by atoms with Crippen molar-refractivity contribution in [2.24, 2.45) is 0 Å². The minimum atomic E-state index is -1.27. The van der Waals surface area contributed by atoms with E-state index in [2.05, 4.69) is 0 Å². The van der Waals surface area contributed by atoms with E-state index in [1.807, 2.05) is 64.1 Å². The quantitative estimate of drug-likeness (QED) is 0.150. The van der Waals surface area contributed by atoms with E-state index < -0.39 is 11.9 Å². The number of carboxylic acids is 2. The molecule has 0 radical (unpaired) electrons. The molecule has 5 rings (SSSR count). The zero-order chi connectivity index (χ0) is 35.6. The Bertz CT molecular complexity index is 1610. The predicted octanol–water partition coefficient (Wildman–Crippen LogP) is 0.253. The number of hydrogen-bond donors (Lipinski definition) is 0. The molecule has 0 saturated carbocycles. The molecule has 52 heavy (non-hydrogen) atoms. The number of aromatic carboxylic acids is 2. The van der Waals surface area contributed by atoms with Crippen LogP contribution in [0.3, 0.4) is 0 Å². The Hall–Kier alpha value is -2.98. The van der Waals surface area contributed by atoms with Crippen LogP contribution < -0.4 is 88.3 Å². The van der Waals surface area contributed by atoms with Crippen molar-refractivity contribution >= 4 is 11.9 Å². The molecule has 1 aliphatic rings. The van der Waals surface area contributed by atoms with Crippen molar-refractivity contribution in [3.05, 3.63) is 116 Å². The summed E-state index contributed by atoms with van der Waals surface area (Å²) in [5.74, 6) is 0.0935. The van der Waals surface area contributed by atoms with Crippen molar-refractivity contribution in [1.29, 1.82) is 0 Å². The number of rotatable bonds is 14. The van der Waals surface area contributed by atoms with Crippen LogP contribution in [0.2, 0.25) is 0 Å². The molecular weight excluding hydrogens is 678 g/mol. The van der Waals surface area contributed by atoms with Crippen LogP contribution in [0.1, 0.15) is 119 Å². The number of carboxylic acid groups (broad SMARTS) is 2. The van der Waals surface area contributed by atoms with Crippen LogP contribution in [-0.4, -0.2) is 38.4 Å². The van der Waals surface area contributed by atoms with Gasteiger partial charge in [0.1, 0.15) is 23.0 Å². The van der Waals surface area contributed by atoms with Gasteiger partial charge >= 0.3 is 59.1 Å². The molecule has 0 unspecified atom stereocenters. The normalized spacial score (nSPS) is 11.8. The van der Waals surface area contributed by atoms with Crippen molar-refractivity contribution < 1.29 is 97.9 Å². The standard InChI is InChI=1S/C42H48O8.2Na/c1-5-15-47-37-27-11-9-12-28(37)20-32-24-36(42(45)46)26-34(40(32)50-18-8-4)22-30-14-10-13-29(38(30)48-16-6-2)21-33-25-35(41(43)44)23-31(19-27)39(33)49-17-7-3;;/h9-14,23-26H,5-8,15-22H2,1-4H3,(H,43,44)(H,45,46);;/q;2*+1/p-2. The van der Waals surface area contributed by atoms with Gasteiger partial charge < -0.3 is 38.7 Å². The van der Waals surface area contributed by atoms with Crippen LogP contribution in [-0.2, 0) is 25.7 Å². The molecule has 0 amide bonds. The van der Waals surface area contributed by atoms with Crippen molar-refractivity contribution in [2.75, 3.05) is 26.4 Å². The van der Waals surface area contributed by atoms with Gasteiger partial charge in [-0.15, -0.1) is 0 Å². The first-order valence-electron chi connectivity index (χ1n) is 17.7. The Morgan fingerprint density at radius 3 is 0.904 bits per heavy atom. The minimum absolute atomic E-state index is 0. The smallest absolute Gasteiger partial charge is 0.545 e. The van der Waals surface area contributed by atoms with Crippen LogP contribution in [0.4, 0.5) is 0 Å². The number of carbonyl (C=O) groups is 2. The molecule has 0 aromatic heterocycles. The summed E-state index contributed by atoms with van der Waals surface area (Å²) >= 11 is 0. The predicted molar refractivity (Wildman–Crippen MR) is 189 cm³/mol. The van der Waals surface area contributed by atoms with Crippen LogP contribution in [0, 0.1) is 0 Å². The summed E-state index contributed by atoms with van der Waals surface area (Å²) in [7, 11) is 0. The van der Waals surface area contributed by atoms with Gasteiger partial charge in [0.2, 0.25) is 0 Å². The topological polar surface area (TPSA) is 117 Å². The van der Waals surface area contributed by atoms with Crippen LogP contribution in [0.5, 0.6) is 23.0 Å². The van der Waals surface area contributed by atoms with E-state index in [9.17, 15) is 19.8 Å². The number of ether oxygens (including phenoxy) is 4. The summed E-state index contributed by atoms with van der Waals surface area (Å²) in [6.45, 7) is 9.98. The number of hydrogen-bond acceptors (Lipinski definition) is 8. The number of benzene rings is 4. The van der Waals surface area contributed by atoms with E-state index in [0.29, 0.717) is 97.4 Å². The molecular formula is C42H46Na2O8. The van der Waals surface area contributed by atoms with Gasteiger partial charge in [0.15, 0.2) is 0 Å². The maximum Gasteiger partial charge on any atom is 1.00 e. The Balaban J connectivity index is 0.00000364. The van der Waals surface area contributed by atoms with Crippen molar-refractivity contribution in [2.45, 2.75) is 79.1 Å². The fraction of sp³-hybridized carbons (Fsp3) is 0.381. The largest absolute Gasteiger partial charge is 1.00 e. The first-order valence-corrected chi connectivity index (χ1v) is 17.7. The zero-order valence-corrected chi connectivity index (χ0v) is 35.5.